The maximum absolute atomic E-state index is 12.8. The summed E-state index contributed by atoms with van der Waals surface area (Å²) in [6.07, 6.45) is 11.1. The van der Waals surface area contributed by atoms with Gasteiger partial charge in [0.05, 0.1) is 24.1 Å². The van der Waals surface area contributed by atoms with Gasteiger partial charge in [-0.05, 0) is 31.0 Å². The van der Waals surface area contributed by atoms with E-state index in [1.165, 1.54) is 19.3 Å². The zero-order valence-electron chi connectivity index (χ0n) is 14.8. The van der Waals surface area contributed by atoms with Gasteiger partial charge in [-0.15, -0.1) is 0 Å². The lowest BCUT2D eigenvalue weighted by molar-refractivity contribution is 0.0742. The summed E-state index contributed by atoms with van der Waals surface area (Å²) in [4.78, 5) is 28.1. The van der Waals surface area contributed by atoms with E-state index in [4.69, 9.17) is 0 Å². The minimum absolute atomic E-state index is 0.0700. The number of carbonyl (C=O) groups is 1. The summed E-state index contributed by atoms with van der Waals surface area (Å²) >= 11 is 0. The molecule has 3 aromatic heterocycles. The van der Waals surface area contributed by atoms with Crippen LogP contribution in [0.25, 0.3) is 11.2 Å². The molecule has 0 bridgehead atoms. The van der Waals surface area contributed by atoms with Crippen molar-refractivity contribution in [3.63, 3.8) is 0 Å². The minimum atomic E-state index is 0.0700. The van der Waals surface area contributed by atoms with Crippen molar-refractivity contribution < 1.29 is 4.79 Å². The standard InChI is InChI=1S/C20H23N5O/c26-20(24-10-6-2-1-3-7-11-24)16-12-18-19(22-13-16)25(15-23-18)14-17-8-4-5-9-21-17/h4-5,8-9,12-13,15H,1-3,6-7,10-11,14H2. The molecule has 0 saturated carbocycles. The third-order valence-corrected chi connectivity index (χ3v) is 4.90. The highest BCUT2D eigenvalue weighted by atomic mass is 16.2. The Bertz CT molecular complexity index is 882. The normalized spacial score (nSPS) is 15.6. The van der Waals surface area contributed by atoms with Gasteiger partial charge in [-0.25, -0.2) is 9.97 Å². The van der Waals surface area contributed by atoms with Crippen molar-refractivity contribution >= 4 is 17.1 Å². The first-order valence-electron chi connectivity index (χ1n) is 9.31. The molecule has 0 unspecified atom stereocenters. The fraction of sp³-hybridized carbons (Fsp3) is 0.400. The summed E-state index contributed by atoms with van der Waals surface area (Å²) in [5.74, 6) is 0.0700. The number of fused-ring (bicyclic) bond motifs is 1. The fourth-order valence-corrected chi connectivity index (χ4v) is 3.48. The number of imidazole rings is 1. The van der Waals surface area contributed by atoms with Crippen LogP contribution in [-0.2, 0) is 6.54 Å². The van der Waals surface area contributed by atoms with Gasteiger partial charge in [0.15, 0.2) is 5.65 Å². The molecule has 4 heterocycles. The van der Waals surface area contributed by atoms with Crippen LogP contribution in [0.1, 0.15) is 48.2 Å². The van der Waals surface area contributed by atoms with Crippen molar-refractivity contribution in [2.24, 2.45) is 0 Å². The molecule has 134 valence electrons. The minimum Gasteiger partial charge on any atom is -0.339 e. The van der Waals surface area contributed by atoms with E-state index in [9.17, 15) is 4.79 Å². The molecule has 1 amide bonds. The molecule has 6 heteroatoms. The van der Waals surface area contributed by atoms with E-state index < -0.39 is 0 Å². The largest absolute Gasteiger partial charge is 0.339 e. The number of amides is 1. The molecule has 0 N–H and O–H groups in total. The molecule has 4 rings (SSSR count). The molecule has 0 radical (unpaired) electrons. The second kappa shape index (κ2) is 7.64. The number of carbonyl (C=O) groups excluding carboxylic acids is 1. The maximum Gasteiger partial charge on any atom is 0.255 e. The van der Waals surface area contributed by atoms with E-state index in [0.717, 1.165) is 42.8 Å². The number of aromatic nitrogens is 4. The number of likely N-dealkylation sites (tertiary alicyclic amines) is 1. The third kappa shape index (κ3) is 3.59. The van der Waals surface area contributed by atoms with Crippen LogP contribution in [0.15, 0.2) is 43.0 Å². The topological polar surface area (TPSA) is 63.9 Å². The molecule has 3 aromatic rings. The average Bonchev–Trinajstić information content (AvgIpc) is 3.04. The van der Waals surface area contributed by atoms with Gasteiger partial charge in [0.25, 0.3) is 5.91 Å². The molecule has 6 nitrogen and oxygen atoms in total. The SMILES string of the molecule is O=C(c1cnc2c(c1)ncn2Cc1ccccn1)N1CCCCCCC1. The summed E-state index contributed by atoms with van der Waals surface area (Å²) in [6.45, 7) is 2.29. The van der Waals surface area contributed by atoms with Crippen molar-refractivity contribution in [1.82, 2.24) is 24.4 Å². The first-order valence-corrected chi connectivity index (χ1v) is 9.31. The summed E-state index contributed by atoms with van der Waals surface area (Å²) in [6, 6.07) is 7.70. The monoisotopic (exact) mass is 349 g/mol. The molecule has 0 spiro atoms. The molecular weight excluding hydrogens is 326 g/mol. The molecule has 1 saturated heterocycles. The second-order valence-corrected chi connectivity index (χ2v) is 6.82. The zero-order valence-corrected chi connectivity index (χ0v) is 14.8. The van der Waals surface area contributed by atoms with Crippen LogP contribution >= 0.6 is 0 Å². The van der Waals surface area contributed by atoms with Crippen molar-refractivity contribution in [3.05, 3.63) is 54.2 Å². The number of rotatable bonds is 3. The number of hydrogen-bond donors (Lipinski definition) is 0. The van der Waals surface area contributed by atoms with Gasteiger partial charge in [-0.1, -0.05) is 25.3 Å². The van der Waals surface area contributed by atoms with E-state index in [2.05, 4.69) is 15.0 Å². The van der Waals surface area contributed by atoms with Crippen molar-refractivity contribution in [2.75, 3.05) is 13.1 Å². The van der Waals surface area contributed by atoms with Crippen LogP contribution in [-0.4, -0.2) is 43.4 Å². The van der Waals surface area contributed by atoms with Crippen molar-refractivity contribution in [1.29, 1.82) is 0 Å². The molecular formula is C20H23N5O. The van der Waals surface area contributed by atoms with Crippen molar-refractivity contribution in [2.45, 2.75) is 38.6 Å². The van der Waals surface area contributed by atoms with Crippen LogP contribution in [0.4, 0.5) is 0 Å². The van der Waals surface area contributed by atoms with Crippen molar-refractivity contribution in [3.8, 4) is 0 Å². The molecule has 0 atom stereocenters. The molecule has 1 aliphatic rings. The van der Waals surface area contributed by atoms with Crippen LogP contribution in [0.3, 0.4) is 0 Å². The van der Waals surface area contributed by atoms with Crippen LogP contribution < -0.4 is 0 Å². The molecule has 0 aromatic carbocycles. The smallest absolute Gasteiger partial charge is 0.255 e. The van der Waals surface area contributed by atoms with Crippen LogP contribution in [0, 0.1) is 0 Å². The van der Waals surface area contributed by atoms with E-state index in [-0.39, 0.29) is 5.91 Å². The van der Waals surface area contributed by atoms with Gasteiger partial charge in [0.2, 0.25) is 0 Å². The Morgan fingerprint density at radius 3 is 2.58 bits per heavy atom. The summed E-state index contributed by atoms with van der Waals surface area (Å²) < 4.78 is 1.96. The second-order valence-electron chi connectivity index (χ2n) is 6.82. The first kappa shape index (κ1) is 16.7. The highest BCUT2D eigenvalue weighted by molar-refractivity contribution is 5.96. The Morgan fingerprint density at radius 2 is 1.81 bits per heavy atom. The third-order valence-electron chi connectivity index (χ3n) is 4.90. The number of nitrogens with zero attached hydrogens (tertiary/aromatic N) is 5. The molecule has 0 aliphatic carbocycles. The summed E-state index contributed by atoms with van der Waals surface area (Å²) in [7, 11) is 0. The van der Waals surface area contributed by atoms with Gasteiger partial charge in [-0.2, -0.15) is 0 Å². The molecule has 26 heavy (non-hydrogen) atoms. The van der Waals surface area contributed by atoms with E-state index in [1.807, 2.05) is 33.7 Å². The Balaban J connectivity index is 1.55. The van der Waals surface area contributed by atoms with Gasteiger partial charge >= 0.3 is 0 Å². The molecule has 1 fully saturated rings. The number of hydrogen-bond acceptors (Lipinski definition) is 4. The quantitative estimate of drug-likeness (QED) is 0.728. The summed E-state index contributed by atoms with van der Waals surface area (Å²) in [5.41, 5.74) is 3.11. The number of pyridine rings is 2. The lowest BCUT2D eigenvalue weighted by atomic mass is 10.1. The van der Waals surface area contributed by atoms with Gasteiger partial charge in [0, 0.05) is 25.5 Å². The summed E-state index contributed by atoms with van der Waals surface area (Å²) in [5, 5.41) is 0. The Morgan fingerprint density at radius 1 is 1.00 bits per heavy atom. The fourth-order valence-electron chi connectivity index (χ4n) is 3.48. The van der Waals surface area contributed by atoms with Gasteiger partial charge < -0.3 is 9.47 Å². The lowest BCUT2D eigenvalue weighted by Gasteiger charge is -2.24. The van der Waals surface area contributed by atoms with E-state index in [0.29, 0.717) is 12.1 Å². The van der Waals surface area contributed by atoms with Crippen LogP contribution in [0.5, 0.6) is 0 Å². The zero-order chi connectivity index (χ0) is 17.8. The first-order chi connectivity index (χ1) is 12.8. The Labute approximate surface area is 152 Å². The van der Waals surface area contributed by atoms with E-state index >= 15 is 0 Å². The van der Waals surface area contributed by atoms with Crippen LogP contribution in [0.2, 0.25) is 0 Å². The maximum atomic E-state index is 12.8. The highest BCUT2D eigenvalue weighted by Gasteiger charge is 2.18. The van der Waals surface area contributed by atoms with Gasteiger partial charge in [0.1, 0.15) is 5.52 Å². The lowest BCUT2D eigenvalue weighted by Crippen LogP contribution is -2.33. The van der Waals surface area contributed by atoms with E-state index in [1.54, 1.807) is 18.7 Å². The highest BCUT2D eigenvalue weighted by Crippen LogP contribution is 2.17. The average molecular weight is 349 g/mol. The molecule has 1 aliphatic heterocycles. The predicted molar refractivity (Wildman–Crippen MR) is 99.9 cm³/mol. The Hall–Kier alpha value is -2.76. The predicted octanol–water partition coefficient (Wildman–Crippen LogP) is 3.28. The van der Waals surface area contributed by atoms with Gasteiger partial charge in [-0.3, -0.25) is 9.78 Å². The Kier molecular flexibility index (Phi) is 4.91.